The average molecular weight is 355 g/mol. The smallest absolute Gasteiger partial charge is 0.404 e. The fourth-order valence-corrected chi connectivity index (χ4v) is 2.63. The SMILES string of the molecule is FC(F)(F)Oc1cc(Br)ccc1NC1=NCCCS1. The Morgan fingerprint density at radius 3 is 2.79 bits per heavy atom. The summed E-state index contributed by atoms with van der Waals surface area (Å²) in [5.74, 6) is 0.619. The van der Waals surface area contributed by atoms with Gasteiger partial charge >= 0.3 is 6.36 Å². The first-order valence-corrected chi connectivity index (χ1v) is 7.21. The van der Waals surface area contributed by atoms with E-state index >= 15 is 0 Å². The van der Waals surface area contributed by atoms with Crippen molar-refractivity contribution in [3.05, 3.63) is 22.7 Å². The van der Waals surface area contributed by atoms with E-state index in [0.717, 1.165) is 12.2 Å². The third-order valence-electron chi connectivity index (χ3n) is 2.21. The van der Waals surface area contributed by atoms with Crippen molar-refractivity contribution < 1.29 is 17.9 Å². The molecule has 0 saturated heterocycles. The molecule has 19 heavy (non-hydrogen) atoms. The van der Waals surface area contributed by atoms with E-state index in [1.807, 2.05) is 0 Å². The highest BCUT2D eigenvalue weighted by Crippen LogP contribution is 2.33. The molecule has 0 spiro atoms. The summed E-state index contributed by atoms with van der Waals surface area (Å²) in [6, 6.07) is 4.42. The lowest BCUT2D eigenvalue weighted by atomic mass is 10.3. The van der Waals surface area contributed by atoms with Crippen LogP contribution in [0.4, 0.5) is 18.9 Å². The number of ether oxygens (including phenoxy) is 1. The molecule has 0 amide bonds. The van der Waals surface area contributed by atoms with Crippen molar-refractivity contribution in [1.29, 1.82) is 0 Å². The van der Waals surface area contributed by atoms with Gasteiger partial charge in [0.15, 0.2) is 10.9 Å². The molecular formula is C11H10BrF3N2OS. The Balaban J connectivity index is 2.21. The van der Waals surface area contributed by atoms with Gasteiger partial charge in [-0.05, 0) is 24.6 Å². The van der Waals surface area contributed by atoms with Crippen LogP contribution in [0.5, 0.6) is 5.75 Å². The van der Waals surface area contributed by atoms with Gasteiger partial charge in [-0.2, -0.15) is 0 Å². The number of aliphatic imine (C=N–C) groups is 1. The molecule has 0 fully saturated rings. The molecule has 1 heterocycles. The largest absolute Gasteiger partial charge is 0.573 e. The van der Waals surface area contributed by atoms with Gasteiger partial charge in [-0.1, -0.05) is 27.7 Å². The molecule has 0 saturated carbocycles. The number of thioether (sulfide) groups is 1. The number of hydrogen-bond donors (Lipinski definition) is 1. The van der Waals surface area contributed by atoms with E-state index in [-0.39, 0.29) is 11.4 Å². The fraction of sp³-hybridized carbons (Fsp3) is 0.364. The van der Waals surface area contributed by atoms with Crippen LogP contribution in [-0.4, -0.2) is 23.8 Å². The van der Waals surface area contributed by atoms with Crippen molar-refractivity contribution in [2.75, 3.05) is 17.6 Å². The zero-order valence-corrected chi connectivity index (χ0v) is 12.0. The second-order valence-electron chi connectivity index (χ2n) is 3.70. The third-order valence-corrected chi connectivity index (χ3v) is 3.70. The Morgan fingerprint density at radius 1 is 1.37 bits per heavy atom. The lowest BCUT2D eigenvalue weighted by Gasteiger charge is -2.17. The van der Waals surface area contributed by atoms with Gasteiger partial charge in [-0.15, -0.1) is 13.2 Å². The molecule has 0 aliphatic carbocycles. The Morgan fingerprint density at radius 2 is 2.16 bits per heavy atom. The molecule has 1 aromatic carbocycles. The van der Waals surface area contributed by atoms with Crippen LogP contribution in [0.3, 0.4) is 0 Å². The molecule has 0 atom stereocenters. The number of nitrogens with one attached hydrogen (secondary N) is 1. The first-order valence-electron chi connectivity index (χ1n) is 5.43. The number of rotatable bonds is 2. The van der Waals surface area contributed by atoms with Crippen molar-refractivity contribution in [3.63, 3.8) is 0 Å². The third kappa shape index (κ3) is 4.61. The maximum absolute atomic E-state index is 12.3. The molecule has 1 N–H and O–H groups in total. The number of hydrogen-bond acceptors (Lipinski definition) is 4. The minimum atomic E-state index is -4.72. The van der Waals surface area contributed by atoms with E-state index in [1.54, 1.807) is 6.07 Å². The molecule has 104 valence electrons. The van der Waals surface area contributed by atoms with Gasteiger partial charge in [-0.25, -0.2) is 0 Å². The zero-order chi connectivity index (χ0) is 13.9. The van der Waals surface area contributed by atoms with Crippen LogP contribution >= 0.6 is 27.7 Å². The Kier molecular flexibility index (Phi) is 4.62. The summed E-state index contributed by atoms with van der Waals surface area (Å²) >= 11 is 4.60. The van der Waals surface area contributed by atoms with Gasteiger partial charge in [0.25, 0.3) is 0 Å². The van der Waals surface area contributed by atoms with E-state index in [2.05, 4.69) is 31.0 Å². The van der Waals surface area contributed by atoms with Crippen molar-refractivity contribution >= 4 is 38.5 Å². The van der Waals surface area contributed by atoms with Crippen molar-refractivity contribution in [3.8, 4) is 5.75 Å². The summed E-state index contributed by atoms with van der Waals surface area (Å²) < 4.78 is 41.5. The Labute approximate surface area is 120 Å². The van der Waals surface area contributed by atoms with Crippen molar-refractivity contribution in [2.45, 2.75) is 12.8 Å². The van der Waals surface area contributed by atoms with Crippen LogP contribution < -0.4 is 10.1 Å². The highest BCUT2D eigenvalue weighted by molar-refractivity contribution is 9.10. The predicted octanol–water partition coefficient (Wildman–Crippen LogP) is 4.25. The highest BCUT2D eigenvalue weighted by atomic mass is 79.9. The average Bonchev–Trinajstić information content (AvgIpc) is 2.32. The van der Waals surface area contributed by atoms with Gasteiger partial charge in [0.2, 0.25) is 0 Å². The second-order valence-corrected chi connectivity index (χ2v) is 5.70. The first kappa shape index (κ1) is 14.5. The van der Waals surface area contributed by atoms with Crippen LogP contribution in [0, 0.1) is 0 Å². The number of alkyl halides is 3. The molecule has 8 heteroatoms. The first-order chi connectivity index (χ1) is 8.94. The molecule has 0 unspecified atom stereocenters. The Bertz CT molecular complexity index is 493. The molecular weight excluding hydrogens is 345 g/mol. The lowest BCUT2D eigenvalue weighted by molar-refractivity contribution is -0.274. The maximum atomic E-state index is 12.3. The van der Waals surface area contributed by atoms with E-state index in [1.165, 1.54) is 23.9 Å². The van der Waals surface area contributed by atoms with Gasteiger partial charge in [0.1, 0.15) is 0 Å². The number of halogens is 4. The minimum absolute atomic E-state index is 0.244. The quantitative estimate of drug-likeness (QED) is 0.861. The van der Waals surface area contributed by atoms with Crippen LogP contribution in [0.1, 0.15) is 6.42 Å². The van der Waals surface area contributed by atoms with Gasteiger partial charge in [0, 0.05) is 16.8 Å². The summed E-state index contributed by atoms with van der Waals surface area (Å²) in [5.41, 5.74) is 0.244. The standard InChI is InChI=1S/C11H10BrF3N2OS/c12-7-2-3-8(9(6-7)18-11(13,14)15)17-10-16-4-1-5-19-10/h2-3,6H,1,4-5H2,(H,16,17). The predicted molar refractivity (Wildman–Crippen MR) is 73.8 cm³/mol. The molecule has 0 aromatic heterocycles. The Hall–Kier alpha value is -0.890. The monoisotopic (exact) mass is 354 g/mol. The normalized spacial score (nSPS) is 15.9. The zero-order valence-electron chi connectivity index (χ0n) is 9.63. The second kappa shape index (κ2) is 6.04. The van der Waals surface area contributed by atoms with E-state index in [0.29, 0.717) is 16.2 Å². The summed E-state index contributed by atoms with van der Waals surface area (Å²) in [7, 11) is 0. The summed E-state index contributed by atoms with van der Waals surface area (Å²) in [6.45, 7) is 0.682. The highest BCUT2D eigenvalue weighted by Gasteiger charge is 2.32. The fourth-order valence-electron chi connectivity index (χ4n) is 1.46. The van der Waals surface area contributed by atoms with E-state index < -0.39 is 6.36 Å². The molecule has 1 aliphatic rings. The van der Waals surface area contributed by atoms with E-state index in [4.69, 9.17) is 0 Å². The number of benzene rings is 1. The summed E-state index contributed by atoms with van der Waals surface area (Å²) in [5, 5.41) is 3.48. The van der Waals surface area contributed by atoms with Crippen molar-refractivity contribution in [1.82, 2.24) is 0 Å². The van der Waals surface area contributed by atoms with Gasteiger partial charge in [-0.3, -0.25) is 4.99 Å². The molecule has 0 radical (unpaired) electrons. The molecule has 1 aromatic rings. The summed E-state index contributed by atoms with van der Waals surface area (Å²) in [6.07, 6.45) is -3.75. The molecule has 1 aliphatic heterocycles. The van der Waals surface area contributed by atoms with Crippen LogP contribution in [0.15, 0.2) is 27.7 Å². The topological polar surface area (TPSA) is 33.6 Å². The molecule has 2 rings (SSSR count). The minimum Gasteiger partial charge on any atom is -0.404 e. The van der Waals surface area contributed by atoms with Crippen LogP contribution in [0.25, 0.3) is 0 Å². The van der Waals surface area contributed by atoms with Gasteiger partial charge in [0.05, 0.1) is 5.69 Å². The number of amidine groups is 1. The summed E-state index contributed by atoms with van der Waals surface area (Å²) in [4.78, 5) is 4.20. The van der Waals surface area contributed by atoms with Crippen LogP contribution in [0.2, 0.25) is 0 Å². The van der Waals surface area contributed by atoms with Crippen molar-refractivity contribution in [2.24, 2.45) is 4.99 Å². The lowest BCUT2D eigenvalue weighted by Crippen LogP contribution is -2.19. The van der Waals surface area contributed by atoms with Gasteiger partial charge < -0.3 is 10.1 Å². The molecule has 3 nitrogen and oxygen atoms in total. The number of anilines is 1. The van der Waals surface area contributed by atoms with Crippen LogP contribution in [-0.2, 0) is 0 Å². The van der Waals surface area contributed by atoms with E-state index in [9.17, 15) is 13.2 Å². The maximum Gasteiger partial charge on any atom is 0.573 e. The number of nitrogens with zero attached hydrogens (tertiary/aromatic N) is 1. The molecule has 0 bridgehead atoms.